The number of sulfonamides is 1. The van der Waals surface area contributed by atoms with E-state index in [1.54, 1.807) is 18.3 Å². The van der Waals surface area contributed by atoms with E-state index in [-0.39, 0.29) is 17.5 Å². The van der Waals surface area contributed by atoms with E-state index >= 15 is 0 Å². The van der Waals surface area contributed by atoms with Gasteiger partial charge in [-0.05, 0) is 48.7 Å². The highest BCUT2D eigenvalue weighted by molar-refractivity contribution is 7.90. The molecule has 1 saturated carbocycles. The summed E-state index contributed by atoms with van der Waals surface area (Å²) in [5.41, 5.74) is 2.84. The highest BCUT2D eigenvalue weighted by atomic mass is 32.2. The maximum atomic E-state index is 14.4. The number of methoxy groups -OCH3 is 1. The van der Waals surface area contributed by atoms with E-state index in [9.17, 15) is 17.2 Å². The van der Waals surface area contributed by atoms with Crippen LogP contribution in [0.4, 0.5) is 8.78 Å². The Morgan fingerprint density at radius 3 is 2.54 bits per heavy atom. The lowest BCUT2D eigenvalue weighted by molar-refractivity contribution is 0.401. The average molecular weight is 528 g/mol. The van der Waals surface area contributed by atoms with Gasteiger partial charge in [-0.1, -0.05) is 18.9 Å². The molecule has 0 aliphatic heterocycles. The zero-order valence-electron chi connectivity index (χ0n) is 20.5. The van der Waals surface area contributed by atoms with E-state index in [0.29, 0.717) is 35.6 Å². The van der Waals surface area contributed by atoms with Gasteiger partial charge in [0, 0.05) is 48.6 Å². The zero-order valence-corrected chi connectivity index (χ0v) is 21.3. The number of hydrogen-bond donors (Lipinski definition) is 1. The monoisotopic (exact) mass is 527 g/mol. The molecule has 10 heteroatoms. The van der Waals surface area contributed by atoms with Crippen LogP contribution in [0.25, 0.3) is 22.0 Å². The van der Waals surface area contributed by atoms with Gasteiger partial charge in [0.2, 0.25) is 15.9 Å². The first-order valence-electron chi connectivity index (χ1n) is 12.0. The van der Waals surface area contributed by atoms with Crippen LogP contribution in [0.15, 0.2) is 54.9 Å². The van der Waals surface area contributed by atoms with Crippen molar-refractivity contribution >= 4 is 20.9 Å². The molecule has 1 fully saturated rings. The normalized spacial score (nSPS) is 14.4. The van der Waals surface area contributed by atoms with Gasteiger partial charge in [0.05, 0.1) is 12.4 Å². The number of pyridine rings is 1. The van der Waals surface area contributed by atoms with Crippen molar-refractivity contribution in [3.63, 3.8) is 0 Å². The fraction of sp³-hybridized carbons (Fsp3) is 0.296. The summed E-state index contributed by atoms with van der Waals surface area (Å²) in [6.45, 7) is 0.104. The second-order valence-electron chi connectivity index (χ2n) is 9.15. The molecule has 0 atom stereocenters. The first kappa shape index (κ1) is 25.2. The van der Waals surface area contributed by atoms with Crippen molar-refractivity contribution in [3.05, 3.63) is 72.1 Å². The third kappa shape index (κ3) is 5.03. The first-order valence-corrected chi connectivity index (χ1v) is 13.5. The molecule has 1 aliphatic rings. The molecule has 2 aromatic carbocycles. The van der Waals surface area contributed by atoms with Crippen molar-refractivity contribution in [2.24, 2.45) is 7.05 Å². The highest BCUT2D eigenvalue weighted by Crippen LogP contribution is 2.41. The van der Waals surface area contributed by atoms with Crippen LogP contribution in [-0.2, 0) is 23.6 Å². The minimum atomic E-state index is -3.44. The highest BCUT2D eigenvalue weighted by Gasteiger charge is 2.28. The molecule has 0 radical (unpaired) electrons. The molecule has 0 unspecified atom stereocenters. The van der Waals surface area contributed by atoms with Gasteiger partial charge in [-0.2, -0.15) is 0 Å². The van der Waals surface area contributed by atoms with Gasteiger partial charge in [-0.25, -0.2) is 26.9 Å². The molecule has 2 heterocycles. The Hall–Kier alpha value is -3.50. The predicted octanol–water partition coefficient (Wildman–Crippen LogP) is 5.68. The van der Waals surface area contributed by atoms with Crippen molar-refractivity contribution in [1.29, 1.82) is 0 Å². The molecule has 194 valence electrons. The summed E-state index contributed by atoms with van der Waals surface area (Å²) >= 11 is 0. The standard InChI is InChI=1S/C27H27F2N3O4S/c1-32-16-22(20-11-12-30-27(35-2)26(20)32)21-13-17(15-31-37(33,34)19-5-3-4-6-19)7-9-24(21)36-25-10-8-18(28)14-23(25)29/h7-14,16,19,31H,3-6,15H2,1-2H3. The number of nitrogens with zero attached hydrogens (tertiary/aromatic N) is 2. The van der Waals surface area contributed by atoms with E-state index in [1.165, 1.54) is 13.2 Å². The van der Waals surface area contributed by atoms with Gasteiger partial charge in [0.15, 0.2) is 11.6 Å². The zero-order chi connectivity index (χ0) is 26.2. The molecule has 7 nitrogen and oxygen atoms in total. The van der Waals surface area contributed by atoms with Crippen LogP contribution in [-0.4, -0.2) is 30.3 Å². The number of hydrogen-bond acceptors (Lipinski definition) is 5. The van der Waals surface area contributed by atoms with Crippen LogP contribution >= 0.6 is 0 Å². The average Bonchev–Trinajstić information content (AvgIpc) is 3.54. The van der Waals surface area contributed by atoms with Gasteiger partial charge >= 0.3 is 0 Å². The number of rotatable bonds is 8. The molecule has 0 spiro atoms. The lowest BCUT2D eigenvalue weighted by atomic mass is 10.0. The number of benzene rings is 2. The fourth-order valence-corrected chi connectivity index (χ4v) is 6.41. The largest absolute Gasteiger partial charge is 0.479 e. The second kappa shape index (κ2) is 10.1. The molecule has 0 amide bonds. The fourth-order valence-electron chi connectivity index (χ4n) is 4.85. The summed E-state index contributed by atoms with van der Waals surface area (Å²) in [5, 5.41) is 0.455. The predicted molar refractivity (Wildman–Crippen MR) is 137 cm³/mol. The van der Waals surface area contributed by atoms with Crippen LogP contribution < -0.4 is 14.2 Å². The Labute approximate surface area is 214 Å². The lowest BCUT2D eigenvalue weighted by Crippen LogP contribution is -2.32. The van der Waals surface area contributed by atoms with Crippen LogP contribution in [0.2, 0.25) is 0 Å². The first-order chi connectivity index (χ1) is 17.8. The van der Waals surface area contributed by atoms with Gasteiger partial charge in [0.1, 0.15) is 17.1 Å². The molecule has 5 rings (SSSR count). The van der Waals surface area contributed by atoms with Gasteiger partial charge in [-0.3, -0.25) is 0 Å². The maximum absolute atomic E-state index is 14.4. The number of halogens is 2. The number of aromatic nitrogens is 2. The van der Waals surface area contributed by atoms with Gasteiger partial charge < -0.3 is 14.0 Å². The molecule has 37 heavy (non-hydrogen) atoms. The van der Waals surface area contributed by atoms with Crippen molar-refractivity contribution in [2.45, 2.75) is 37.5 Å². The number of ether oxygens (including phenoxy) is 2. The number of nitrogens with one attached hydrogen (secondary N) is 1. The van der Waals surface area contributed by atoms with Crippen LogP contribution in [0.1, 0.15) is 31.2 Å². The molecule has 0 bridgehead atoms. The van der Waals surface area contributed by atoms with Crippen molar-refractivity contribution in [1.82, 2.24) is 14.3 Å². The third-order valence-electron chi connectivity index (χ3n) is 6.72. The Morgan fingerprint density at radius 1 is 1.05 bits per heavy atom. The van der Waals surface area contributed by atoms with E-state index in [0.717, 1.165) is 41.4 Å². The summed E-state index contributed by atoms with van der Waals surface area (Å²) < 4.78 is 69.3. The Balaban J connectivity index is 1.57. The summed E-state index contributed by atoms with van der Waals surface area (Å²) in [6, 6.07) is 10.2. The summed E-state index contributed by atoms with van der Waals surface area (Å²) in [7, 11) is -0.0429. The summed E-state index contributed by atoms with van der Waals surface area (Å²) in [5.74, 6) is -0.890. The molecular formula is C27H27F2N3O4S. The molecule has 1 aliphatic carbocycles. The number of fused-ring (bicyclic) bond motifs is 1. The van der Waals surface area contributed by atoms with Crippen LogP contribution in [0.5, 0.6) is 17.4 Å². The number of aryl methyl sites for hydroxylation is 1. The summed E-state index contributed by atoms with van der Waals surface area (Å²) in [6.07, 6.45) is 6.68. The third-order valence-corrected chi connectivity index (χ3v) is 8.61. The second-order valence-corrected chi connectivity index (χ2v) is 11.2. The van der Waals surface area contributed by atoms with Crippen LogP contribution in [0, 0.1) is 11.6 Å². The quantitative estimate of drug-likeness (QED) is 0.319. The molecule has 4 aromatic rings. The summed E-state index contributed by atoms with van der Waals surface area (Å²) in [4.78, 5) is 4.28. The minimum absolute atomic E-state index is 0.104. The maximum Gasteiger partial charge on any atom is 0.238 e. The van der Waals surface area contributed by atoms with E-state index < -0.39 is 21.7 Å². The van der Waals surface area contributed by atoms with Gasteiger partial charge in [-0.15, -0.1) is 0 Å². The molecule has 1 N–H and O–H groups in total. The van der Waals surface area contributed by atoms with Crippen molar-refractivity contribution < 1.29 is 26.7 Å². The molecule has 2 aromatic heterocycles. The van der Waals surface area contributed by atoms with Crippen molar-refractivity contribution in [3.8, 4) is 28.5 Å². The Kier molecular flexibility index (Phi) is 6.87. The lowest BCUT2D eigenvalue weighted by Gasteiger charge is -2.15. The topological polar surface area (TPSA) is 82.4 Å². The smallest absolute Gasteiger partial charge is 0.238 e. The van der Waals surface area contributed by atoms with Crippen molar-refractivity contribution in [2.75, 3.05) is 7.11 Å². The Bertz CT molecular complexity index is 1560. The Morgan fingerprint density at radius 2 is 1.81 bits per heavy atom. The molecular weight excluding hydrogens is 500 g/mol. The van der Waals surface area contributed by atoms with E-state index in [2.05, 4.69) is 9.71 Å². The van der Waals surface area contributed by atoms with Crippen LogP contribution in [0.3, 0.4) is 0 Å². The van der Waals surface area contributed by atoms with E-state index in [4.69, 9.17) is 9.47 Å². The minimum Gasteiger partial charge on any atom is -0.479 e. The van der Waals surface area contributed by atoms with Gasteiger partial charge in [0.25, 0.3) is 0 Å². The SMILES string of the molecule is COc1nccc2c(-c3cc(CNS(=O)(=O)C4CCCC4)ccc3Oc3ccc(F)cc3F)cn(C)c12. The molecule has 0 saturated heterocycles. The van der Waals surface area contributed by atoms with E-state index in [1.807, 2.05) is 29.9 Å².